The van der Waals surface area contributed by atoms with Crippen molar-refractivity contribution in [1.82, 2.24) is 0 Å². The summed E-state index contributed by atoms with van der Waals surface area (Å²) in [6, 6.07) is 0. The first-order valence-corrected chi connectivity index (χ1v) is 4.81. The number of primary amides is 1. The summed E-state index contributed by atoms with van der Waals surface area (Å²) in [5, 5.41) is 0. The molecule has 0 spiro atoms. The SMILES string of the molecule is CC1C[C@@H](C)[C@H](C(N)=O)[C@@H](C)C1. The lowest BCUT2D eigenvalue weighted by Gasteiger charge is -2.35. The molecule has 1 aliphatic rings. The van der Waals surface area contributed by atoms with Crippen molar-refractivity contribution in [3.8, 4) is 0 Å². The van der Waals surface area contributed by atoms with Crippen LogP contribution in [-0.2, 0) is 4.79 Å². The highest BCUT2D eigenvalue weighted by Crippen LogP contribution is 2.37. The van der Waals surface area contributed by atoms with Gasteiger partial charge in [0.15, 0.2) is 0 Å². The average Bonchev–Trinajstić information content (AvgIpc) is 1.82. The van der Waals surface area contributed by atoms with Crippen LogP contribution >= 0.6 is 0 Å². The third-order valence-corrected chi connectivity index (χ3v) is 3.10. The third-order valence-electron chi connectivity index (χ3n) is 3.10. The zero-order valence-electron chi connectivity index (χ0n) is 8.21. The second kappa shape index (κ2) is 3.46. The lowest BCUT2D eigenvalue weighted by Crippen LogP contribution is -2.38. The van der Waals surface area contributed by atoms with Crippen LogP contribution in [0.3, 0.4) is 0 Å². The van der Waals surface area contributed by atoms with E-state index in [4.69, 9.17) is 5.73 Å². The molecule has 2 N–H and O–H groups in total. The van der Waals surface area contributed by atoms with Gasteiger partial charge in [0.2, 0.25) is 5.91 Å². The Morgan fingerprint density at radius 3 is 1.92 bits per heavy atom. The van der Waals surface area contributed by atoms with Gasteiger partial charge in [-0.1, -0.05) is 20.8 Å². The van der Waals surface area contributed by atoms with Gasteiger partial charge >= 0.3 is 0 Å². The molecule has 70 valence electrons. The van der Waals surface area contributed by atoms with Crippen LogP contribution in [0.1, 0.15) is 33.6 Å². The molecule has 0 saturated heterocycles. The minimum Gasteiger partial charge on any atom is -0.369 e. The summed E-state index contributed by atoms with van der Waals surface area (Å²) >= 11 is 0. The highest BCUT2D eigenvalue weighted by molar-refractivity contribution is 5.77. The van der Waals surface area contributed by atoms with Crippen molar-refractivity contribution in [2.24, 2.45) is 29.4 Å². The van der Waals surface area contributed by atoms with Gasteiger partial charge in [0.05, 0.1) is 0 Å². The van der Waals surface area contributed by atoms with Crippen molar-refractivity contribution in [2.45, 2.75) is 33.6 Å². The molecule has 2 heteroatoms. The van der Waals surface area contributed by atoms with E-state index in [0.717, 1.165) is 18.8 Å². The van der Waals surface area contributed by atoms with E-state index in [-0.39, 0.29) is 11.8 Å². The normalized spacial score (nSPS) is 42.6. The van der Waals surface area contributed by atoms with Crippen molar-refractivity contribution in [2.75, 3.05) is 0 Å². The number of carbonyl (C=O) groups excluding carboxylic acids is 1. The highest BCUT2D eigenvalue weighted by atomic mass is 16.1. The molecule has 1 saturated carbocycles. The molecule has 12 heavy (non-hydrogen) atoms. The van der Waals surface area contributed by atoms with E-state index in [0.29, 0.717) is 11.8 Å². The van der Waals surface area contributed by atoms with Crippen molar-refractivity contribution in [3.05, 3.63) is 0 Å². The molecule has 0 bridgehead atoms. The van der Waals surface area contributed by atoms with E-state index in [1.54, 1.807) is 0 Å². The maximum atomic E-state index is 11.1. The zero-order chi connectivity index (χ0) is 9.30. The maximum absolute atomic E-state index is 11.1. The summed E-state index contributed by atoms with van der Waals surface area (Å²) in [4.78, 5) is 11.1. The molecule has 4 atom stereocenters. The van der Waals surface area contributed by atoms with Crippen LogP contribution in [0.5, 0.6) is 0 Å². The number of carbonyl (C=O) groups is 1. The second-order valence-electron chi connectivity index (χ2n) is 4.46. The fourth-order valence-electron chi connectivity index (χ4n) is 2.78. The minimum absolute atomic E-state index is 0.109. The smallest absolute Gasteiger partial charge is 0.221 e. The molecule has 0 heterocycles. The fourth-order valence-corrected chi connectivity index (χ4v) is 2.78. The summed E-state index contributed by atoms with van der Waals surface area (Å²) in [7, 11) is 0. The second-order valence-corrected chi connectivity index (χ2v) is 4.46. The van der Waals surface area contributed by atoms with Gasteiger partial charge in [-0.3, -0.25) is 4.79 Å². The number of rotatable bonds is 1. The highest BCUT2D eigenvalue weighted by Gasteiger charge is 2.34. The van der Waals surface area contributed by atoms with Crippen LogP contribution in [0, 0.1) is 23.7 Å². The molecule has 0 radical (unpaired) electrons. The Kier molecular flexibility index (Phi) is 2.76. The average molecular weight is 169 g/mol. The summed E-state index contributed by atoms with van der Waals surface area (Å²) in [6.45, 7) is 6.54. The molecule has 2 nitrogen and oxygen atoms in total. The van der Waals surface area contributed by atoms with Gasteiger partial charge in [-0.2, -0.15) is 0 Å². The quantitative estimate of drug-likeness (QED) is 0.639. The van der Waals surface area contributed by atoms with E-state index >= 15 is 0 Å². The molecule has 0 aromatic carbocycles. The third kappa shape index (κ3) is 1.79. The number of nitrogens with two attached hydrogens (primary N) is 1. The molecule has 1 fully saturated rings. The van der Waals surface area contributed by atoms with E-state index < -0.39 is 0 Å². The van der Waals surface area contributed by atoms with Gasteiger partial charge in [-0.15, -0.1) is 0 Å². The Balaban J connectivity index is 2.66. The first kappa shape index (κ1) is 9.56. The van der Waals surface area contributed by atoms with E-state index in [2.05, 4.69) is 20.8 Å². The number of amides is 1. The summed E-state index contributed by atoms with van der Waals surface area (Å²) < 4.78 is 0. The van der Waals surface area contributed by atoms with Gasteiger partial charge in [0, 0.05) is 5.92 Å². The first-order valence-electron chi connectivity index (χ1n) is 4.81. The standard InChI is InChI=1S/C10H19NO/c1-6-4-7(2)9(10(11)12)8(3)5-6/h6-9H,4-5H2,1-3H3,(H2,11,12)/t6?,7-,8+,9+. The monoisotopic (exact) mass is 169 g/mol. The molecule has 0 aromatic heterocycles. The first-order chi connectivity index (χ1) is 5.52. The maximum Gasteiger partial charge on any atom is 0.221 e. The Morgan fingerprint density at radius 1 is 1.17 bits per heavy atom. The van der Waals surface area contributed by atoms with Crippen LogP contribution in [0.15, 0.2) is 0 Å². The molecule has 1 amide bonds. The Hall–Kier alpha value is -0.530. The summed E-state index contributed by atoms with van der Waals surface area (Å²) in [5.41, 5.74) is 5.35. The van der Waals surface area contributed by atoms with Crippen molar-refractivity contribution in [3.63, 3.8) is 0 Å². The number of hydrogen-bond acceptors (Lipinski definition) is 1. The van der Waals surface area contributed by atoms with Gasteiger partial charge in [0.1, 0.15) is 0 Å². The van der Waals surface area contributed by atoms with Crippen molar-refractivity contribution in [1.29, 1.82) is 0 Å². The summed E-state index contributed by atoms with van der Waals surface area (Å²) in [5.74, 6) is 1.70. The van der Waals surface area contributed by atoms with Crippen LogP contribution in [-0.4, -0.2) is 5.91 Å². The lowest BCUT2D eigenvalue weighted by molar-refractivity contribution is -0.126. The predicted molar refractivity (Wildman–Crippen MR) is 49.4 cm³/mol. The van der Waals surface area contributed by atoms with Crippen molar-refractivity contribution < 1.29 is 4.79 Å². The van der Waals surface area contributed by atoms with E-state index in [1.807, 2.05) is 0 Å². The fraction of sp³-hybridized carbons (Fsp3) is 0.900. The lowest BCUT2D eigenvalue weighted by atomic mass is 9.69. The summed E-state index contributed by atoms with van der Waals surface area (Å²) in [6.07, 6.45) is 2.30. The molecular weight excluding hydrogens is 150 g/mol. The molecule has 1 rings (SSSR count). The molecule has 1 unspecified atom stereocenters. The van der Waals surface area contributed by atoms with E-state index in [9.17, 15) is 4.79 Å². The predicted octanol–water partition coefficient (Wildman–Crippen LogP) is 1.79. The van der Waals surface area contributed by atoms with Gasteiger partial charge in [0.25, 0.3) is 0 Å². The van der Waals surface area contributed by atoms with Crippen molar-refractivity contribution >= 4 is 5.91 Å². The Morgan fingerprint density at radius 2 is 1.58 bits per heavy atom. The topological polar surface area (TPSA) is 43.1 Å². The van der Waals surface area contributed by atoms with Crippen LogP contribution in [0.4, 0.5) is 0 Å². The zero-order valence-corrected chi connectivity index (χ0v) is 8.21. The molecule has 0 aliphatic heterocycles. The largest absolute Gasteiger partial charge is 0.369 e. The molecule has 1 aliphatic carbocycles. The van der Waals surface area contributed by atoms with Crippen LogP contribution < -0.4 is 5.73 Å². The molecular formula is C10H19NO. The van der Waals surface area contributed by atoms with Gasteiger partial charge in [-0.05, 0) is 30.6 Å². The number of hydrogen-bond donors (Lipinski definition) is 1. The van der Waals surface area contributed by atoms with Crippen LogP contribution in [0.2, 0.25) is 0 Å². The van der Waals surface area contributed by atoms with E-state index in [1.165, 1.54) is 0 Å². The minimum atomic E-state index is -0.109. The molecule has 0 aromatic rings. The Bertz CT molecular complexity index is 167. The van der Waals surface area contributed by atoms with Crippen LogP contribution in [0.25, 0.3) is 0 Å². The Labute approximate surface area is 74.5 Å². The van der Waals surface area contributed by atoms with Gasteiger partial charge in [-0.25, -0.2) is 0 Å². The van der Waals surface area contributed by atoms with Gasteiger partial charge < -0.3 is 5.73 Å².